The first-order valence-electron chi connectivity index (χ1n) is 4.97. The fourth-order valence-electron chi connectivity index (χ4n) is 1.51. The number of benzene rings is 1. The van der Waals surface area contributed by atoms with E-state index in [4.69, 9.17) is 10.8 Å². The first-order valence-corrected chi connectivity index (χ1v) is 5.85. The summed E-state index contributed by atoms with van der Waals surface area (Å²) in [5.41, 5.74) is 6.12. The van der Waals surface area contributed by atoms with Crippen LogP contribution in [0.5, 0.6) is 0 Å². The Bertz CT molecular complexity index is 594. The first-order chi connectivity index (χ1) is 8.11. The minimum Gasteiger partial charge on any atom is -0.476 e. The Hall–Kier alpha value is -1.79. The fraction of sp³-hybridized carbons (Fsp3) is 0.182. The molecule has 1 aliphatic carbocycles. The van der Waals surface area contributed by atoms with Crippen molar-refractivity contribution in [2.75, 3.05) is 6.54 Å². The zero-order valence-electron chi connectivity index (χ0n) is 8.84. The largest absolute Gasteiger partial charge is 0.476 e. The molecule has 3 N–H and O–H groups in total. The standard InChI is InChI=1S/C11H10N2O3S/c12-2-1-6-3-8(14)10-9(4-6)17-5-7(13-10)11(15)16/h3-5H,1-2,12H2,(H,15,16). The van der Waals surface area contributed by atoms with E-state index in [9.17, 15) is 9.59 Å². The van der Waals surface area contributed by atoms with Gasteiger partial charge in [0.2, 0.25) is 5.43 Å². The van der Waals surface area contributed by atoms with Crippen molar-refractivity contribution in [3.8, 4) is 10.6 Å². The monoisotopic (exact) mass is 250 g/mol. The topological polar surface area (TPSA) is 93.3 Å². The van der Waals surface area contributed by atoms with Crippen LogP contribution in [0.4, 0.5) is 0 Å². The molecular formula is C11H10N2O3S. The third-order valence-electron chi connectivity index (χ3n) is 2.28. The van der Waals surface area contributed by atoms with Gasteiger partial charge in [-0.2, -0.15) is 0 Å². The number of fused-ring (bicyclic) bond motifs is 1. The van der Waals surface area contributed by atoms with Gasteiger partial charge in [0.05, 0.1) is 4.88 Å². The normalized spacial score (nSPS) is 10.6. The van der Waals surface area contributed by atoms with Crippen LogP contribution in [-0.2, 0) is 6.42 Å². The molecule has 88 valence electrons. The molecule has 0 saturated heterocycles. The van der Waals surface area contributed by atoms with E-state index in [0.717, 1.165) is 5.56 Å². The average molecular weight is 250 g/mol. The van der Waals surface area contributed by atoms with Gasteiger partial charge in [0.15, 0.2) is 5.69 Å². The van der Waals surface area contributed by atoms with Crippen LogP contribution in [0.15, 0.2) is 22.3 Å². The maximum Gasteiger partial charge on any atom is 0.355 e. The second-order valence-electron chi connectivity index (χ2n) is 3.52. The Morgan fingerprint density at radius 1 is 1.47 bits per heavy atom. The molecule has 0 spiro atoms. The van der Waals surface area contributed by atoms with Crippen LogP contribution in [0.1, 0.15) is 16.1 Å². The molecule has 0 aromatic heterocycles. The van der Waals surface area contributed by atoms with Crippen LogP contribution in [-0.4, -0.2) is 22.6 Å². The number of aromatic carboxylic acids is 1. The number of carboxylic acids is 1. The SMILES string of the molecule is NCCc1cc2scc(C(=O)O)nc-2c(=O)c1. The van der Waals surface area contributed by atoms with Gasteiger partial charge in [0.25, 0.3) is 0 Å². The summed E-state index contributed by atoms with van der Waals surface area (Å²) in [4.78, 5) is 27.0. The molecule has 0 unspecified atom stereocenters. The Balaban J connectivity index is 2.61. The third kappa shape index (κ3) is 2.32. The predicted octanol–water partition coefficient (Wildman–Crippen LogP) is 0.807. The highest BCUT2D eigenvalue weighted by atomic mass is 32.1. The molecule has 0 amide bonds. The number of carboxylic acid groups (broad SMARTS) is 1. The molecule has 5 nitrogen and oxygen atoms in total. The van der Waals surface area contributed by atoms with Gasteiger partial charge in [-0.05, 0) is 30.7 Å². The molecule has 2 aliphatic rings. The molecule has 2 rings (SSSR count). The van der Waals surface area contributed by atoms with E-state index < -0.39 is 5.97 Å². The Kier molecular flexibility index (Phi) is 3.16. The second kappa shape index (κ2) is 4.60. The lowest BCUT2D eigenvalue weighted by Crippen LogP contribution is -2.12. The molecular weight excluding hydrogens is 240 g/mol. The van der Waals surface area contributed by atoms with Gasteiger partial charge < -0.3 is 10.8 Å². The van der Waals surface area contributed by atoms with Crippen LogP contribution in [0.2, 0.25) is 0 Å². The van der Waals surface area contributed by atoms with Gasteiger partial charge in [0, 0.05) is 5.38 Å². The molecule has 0 saturated carbocycles. The van der Waals surface area contributed by atoms with Crippen molar-refractivity contribution in [1.29, 1.82) is 0 Å². The summed E-state index contributed by atoms with van der Waals surface area (Å²) >= 11 is 1.20. The predicted molar refractivity (Wildman–Crippen MR) is 64.7 cm³/mol. The average Bonchev–Trinajstić information content (AvgIpc) is 2.29. The molecule has 1 heterocycles. The molecule has 0 atom stereocenters. The van der Waals surface area contributed by atoms with Crippen molar-refractivity contribution in [3.05, 3.63) is 39.0 Å². The number of nitrogens with two attached hydrogens (primary N) is 1. The number of rotatable bonds is 3. The lowest BCUT2D eigenvalue weighted by atomic mass is 10.1. The van der Waals surface area contributed by atoms with E-state index in [1.807, 2.05) is 6.07 Å². The summed E-state index contributed by atoms with van der Waals surface area (Å²) in [5, 5.41) is 10.2. The highest BCUT2D eigenvalue weighted by molar-refractivity contribution is 7.13. The minimum atomic E-state index is -1.13. The van der Waals surface area contributed by atoms with Gasteiger partial charge in [0.1, 0.15) is 5.69 Å². The number of hydrogen-bond acceptors (Lipinski definition) is 5. The van der Waals surface area contributed by atoms with E-state index in [1.165, 1.54) is 22.8 Å². The van der Waals surface area contributed by atoms with Crippen molar-refractivity contribution in [1.82, 2.24) is 4.98 Å². The van der Waals surface area contributed by atoms with Crippen molar-refractivity contribution >= 4 is 17.3 Å². The summed E-state index contributed by atoms with van der Waals surface area (Å²) in [6.45, 7) is 0.469. The van der Waals surface area contributed by atoms with E-state index in [-0.39, 0.29) is 16.8 Å². The smallest absolute Gasteiger partial charge is 0.355 e. The molecule has 0 radical (unpaired) electrons. The second-order valence-corrected chi connectivity index (χ2v) is 4.43. The Morgan fingerprint density at radius 2 is 2.24 bits per heavy atom. The lowest BCUT2D eigenvalue weighted by Gasteiger charge is -2.06. The van der Waals surface area contributed by atoms with E-state index in [0.29, 0.717) is 17.8 Å². The van der Waals surface area contributed by atoms with Gasteiger partial charge in [-0.1, -0.05) is 0 Å². The Morgan fingerprint density at radius 3 is 2.88 bits per heavy atom. The minimum absolute atomic E-state index is 0.105. The highest BCUT2D eigenvalue weighted by Crippen LogP contribution is 2.23. The maximum atomic E-state index is 11.8. The van der Waals surface area contributed by atoms with Crippen LogP contribution < -0.4 is 11.2 Å². The number of hydrogen-bond donors (Lipinski definition) is 2. The number of nitrogens with zero attached hydrogens (tertiary/aromatic N) is 1. The quantitative estimate of drug-likeness (QED) is 0.840. The summed E-state index contributed by atoms with van der Waals surface area (Å²) in [6.07, 6.45) is 0.624. The molecule has 0 aromatic rings. The van der Waals surface area contributed by atoms with E-state index in [2.05, 4.69) is 4.98 Å². The van der Waals surface area contributed by atoms with Crippen LogP contribution in [0.25, 0.3) is 10.6 Å². The molecule has 6 heteroatoms. The van der Waals surface area contributed by atoms with Crippen molar-refractivity contribution < 1.29 is 9.90 Å². The lowest BCUT2D eigenvalue weighted by molar-refractivity contribution is 0.0691. The van der Waals surface area contributed by atoms with Crippen molar-refractivity contribution in [2.24, 2.45) is 5.73 Å². The van der Waals surface area contributed by atoms with Crippen molar-refractivity contribution in [3.63, 3.8) is 0 Å². The van der Waals surface area contributed by atoms with E-state index >= 15 is 0 Å². The van der Waals surface area contributed by atoms with Crippen LogP contribution in [0, 0.1) is 0 Å². The summed E-state index contributed by atoms with van der Waals surface area (Å²) in [5.74, 6) is -1.13. The Labute approximate surface area is 101 Å². The van der Waals surface area contributed by atoms with Gasteiger partial charge >= 0.3 is 5.97 Å². The van der Waals surface area contributed by atoms with Crippen molar-refractivity contribution in [2.45, 2.75) is 6.42 Å². The summed E-state index contributed by atoms with van der Waals surface area (Å²) < 4.78 is 0. The zero-order chi connectivity index (χ0) is 12.4. The van der Waals surface area contributed by atoms with E-state index in [1.54, 1.807) is 0 Å². The summed E-state index contributed by atoms with van der Waals surface area (Å²) in [7, 11) is 0. The summed E-state index contributed by atoms with van der Waals surface area (Å²) in [6, 6.07) is 3.29. The maximum absolute atomic E-state index is 11.8. The molecule has 0 aromatic carbocycles. The molecule has 0 bridgehead atoms. The van der Waals surface area contributed by atoms with Gasteiger partial charge in [-0.25, -0.2) is 9.78 Å². The van der Waals surface area contributed by atoms with Crippen LogP contribution >= 0.6 is 11.3 Å². The molecule has 1 aliphatic heterocycles. The first kappa shape index (κ1) is 11.7. The fourth-order valence-corrected chi connectivity index (χ4v) is 2.38. The van der Waals surface area contributed by atoms with Gasteiger partial charge in [-0.15, -0.1) is 11.3 Å². The van der Waals surface area contributed by atoms with Gasteiger partial charge in [-0.3, -0.25) is 4.79 Å². The number of carbonyl (C=O) groups is 1. The third-order valence-corrected chi connectivity index (χ3v) is 3.19. The molecule has 0 fully saturated rings. The zero-order valence-corrected chi connectivity index (χ0v) is 9.66. The molecule has 17 heavy (non-hydrogen) atoms. The van der Waals surface area contributed by atoms with Crippen LogP contribution in [0.3, 0.4) is 0 Å². The highest BCUT2D eigenvalue weighted by Gasteiger charge is 2.14. The number of aromatic nitrogens is 1.